The minimum atomic E-state index is 0.368. The Labute approximate surface area is 234 Å². The second-order valence-electron chi connectivity index (χ2n) is 13.2. The largest absolute Gasteiger partial charge is 0.489 e. The molecule has 0 aromatic heterocycles. The third kappa shape index (κ3) is 4.02. The van der Waals surface area contributed by atoms with Crippen molar-refractivity contribution in [2.75, 3.05) is 0 Å². The summed E-state index contributed by atoms with van der Waals surface area (Å²) in [5.41, 5.74) is 6.52. The van der Waals surface area contributed by atoms with Gasteiger partial charge in [0.15, 0.2) is 0 Å². The lowest BCUT2D eigenvalue weighted by atomic mass is 9.48. The normalized spacial score (nSPS) is 39.9. The summed E-state index contributed by atoms with van der Waals surface area (Å²) in [6.45, 7) is 0. The molecule has 2 fully saturated rings. The summed E-state index contributed by atoms with van der Waals surface area (Å²) in [6.07, 6.45) is 38.7. The molecule has 1 nitrogen and oxygen atoms in total. The van der Waals surface area contributed by atoms with Gasteiger partial charge in [-0.05, 0) is 116 Å². The van der Waals surface area contributed by atoms with E-state index in [0.29, 0.717) is 35.7 Å². The maximum Gasteiger partial charge on any atom is 0.123 e. The molecule has 1 heterocycles. The molecule has 9 unspecified atom stereocenters. The summed E-state index contributed by atoms with van der Waals surface area (Å²) >= 11 is 0. The summed E-state index contributed by atoms with van der Waals surface area (Å²) in [5.74, 6) is 6.69. The molecule has 1 aliphatic heterocycles. The van der Waals surface area contributed by atoms with Gasteiger partial charge in [-0.3, -0.25) is 0 Å². The average Bonchev–Trinajstić information content (AvgIpc) is 3.38. The Morgan fingerprint density at radius 3 is 2.54 bits per heavy atom. The van der Waals surface area contributed by atoms with Gasteiger partial charge in [-0.15, -0.1) is 0 Å². The second kappa shape index (κ2) is 9.99. The van der Waals surface area contributed by atoms with Gasteiger partial charge in [-0.2, -0.15) is 0 Å². The number of allylic oxidation sites excluding steroid dienone is 14. The smallest absolute Gasteiger partial charge is 0.123 e. The van der Waals surface area contributed by atoms with E-state index in [2.05, 4.69) is 91.1 Å². The minimum absolute atomic E-state index is 0.368. The Hall–Kier alpha value is -2.80. The molecular weight excluding hydrogens is 472 g/mol. The monoisotopic (exact) mass is 514 g/mol. The third-order valence-corrected chi connectivity index (χ3v) is 11.5. The molecule has 8 rings (SSSR count). The van der Waals surface area contributed by atoms with Gasteiger partial charge in [0, 0.05) is 11.5 Å². The molecule has 0 saturated heterocycles. The standard InChI is InChI=1S/C38H42O/c1-2-12-25(13-3-1)27-14-4-5-16-30(27)38-33-19-8-6-17-31(33)37(32-18-7-9-20-34(32)38)26-22-23-29-28-15-10-11-21-35(28)39-36(29)24-26/h1-2,4-8,10-12,14-15,17-18,21,26,29-30,32-34,36-38H,3,9,13,16,19-20,22-24H2. The average molecular weight is 515 g/mol. The molecule has 200 valence electrons. The van der Waals surface area contributed by atoms with Gasteiger partial charge in [0.25, 0.3) is 0 Å². The summed E-state index contributed by atoms with van der Waals surface area (Å²) < 4.78 is 6.62. The fourth-order valence-corrected chi connectivity index (χ4v) is 10.0. The molecule has 2 saturated carbocycles. The van der Waals surface area contributed by atoms with Crippen molar-refractivity contribution in [3.05, 3.63) is 113 Å². The molecule has 0 bridgehead atoms. The SMILES string of the molecule is C1=CCCC(C2=CC=CCC2C2C3CC=CC=C3C(C3CCC4c5ccccc5OC4C3)C3C=CCCC32)=C1. The van der Waals surface area contributed by atoms with Gasteiger partial charge >= 0.3 is 0 Å². The van der Waals surface area contributed by atoms with Crippen molar-refractivity contribution in [2.45, 2.75) is 69.8 Å². The molecule has 39 heavy (non-hydrogen) atoms. The quantitative estimate of drug-likeness (QED) is 0.365. The van der Waals surface area contributed by atoms with Gasteiger partial charge in [-0.1, -0.05) is 90.6 Å². The van der Waals surface area contributed by atoms with Crippen molar-refractivity contribution in [3.63, 3.8) is 0 Å². The summed E-state index contributed by atoms with van der Waals surface area (Å²) in [5, 5.41) is 0. The van der Waals surface area contributed by atoms with Crippen LogP contribution in [0.15, 0.2) is 108 Å². The molecule has 0 N–H and O–H groups in total. The zero-order chi connectivity index (χ0) is 25.8. The molecule has 7 aliphatic rings. The van der Waals surface area contributed by atoms with Crippen LogP contribution in [0.1, 0.15) is 69.3 Å². The summed E-state index contributed by atoms with van der Waals surface area (Å²) in [4.78, 5) is 0. The first-order chi connectivity index (χ1) is 19.4. The van der Waals surface area contributed by atoms with Gasteiger partial charge in [0.05, 0.1) is 0 Å². The highest BCUT2D eigenvalue weighted by Crippen LogP contribution is 2.61. The highest BCUT2D eigenvalue weighted by molar-refractivity contribution is 5.44. The first kappa shape index (κ1) is 24.0. The lowest BCUT2D eigenvalue weighted by Gasteiger charge is -2.56. The van der Waals surface area contributed by atoms with Gasteiger partial charge < -0.3 is 4.74 Å². The lowest BCUT2D eigenvalue weighted by molar-refractivity contribution is 0.0211. The Bertz CT molecular complexity index is 1330. The number of benzene rings is 1. The summed E-state index contributed by atoms with van der Waals surface area (Å²) in [6, 6.07) is 8.84. The van der Waals surface area contributed by atoms with E-state index in [4.69, 9.17) is 4.74 Å². The van der Waals surface area contributed by atoms with Crippen molar-refractivity contribution in [1.82, 2.24) is 0 Å². The number of para-hydroxylation sites is 1. The maximum atomic E-state index is 6.62. The van der Waals surface area contributed by atoms with Crippen LogP contribution in [0.3, 0.4) is 0 Å². The zero-order valence-corrected chi connectivity index (χ0v) is 23.1. The number of ether oxygens (including phenoxy) is 1. The Morgan fingerprint density at radius 2 is 1.62 bits per heavy atom. The second-order valence-corrected chi connectivity index (χ2v) is 13.2. The highest BCUT2D eigenvalue weighted by atomic mass is 16.5. The number of hydrogen-bond donors (Lipinski definition) is 0. The minimum Gasteiger partial charge on any atom is -0.489 e. The predicted molar refractivity (Wildman–Crippen MR) is 160 cm³/mol. The van der Waals surface area contributed by atoms with Gasteiger partial charge in [-0.25, -0.2) is 0 Å². The van der Waals surface area contributed by atoms with Crippen LogP contribution in [-0.4, -0.2) is 6.10 Å². The number of rotatable bonds is 3. The molecular formula is C38H42O. The van der Waals surface area contributed by atoms with E-state index in [1.165, 1.54) is 63.4 Å². The Kier molecular flexibility index (Phi) is 6.16. The van der Waals surface area contributed by atoms with E-state index < -0.39 is 0 Å². The lowest BCUT2D eigenvalue weighted by Crippen LogP contribution is -2.49. The first-order valence-corrected chi connectivity index (χ1v) is 15.9. The van der Waals surface area contributed by atoms with E-state index in [-0.39, 0.29) is 0 Å². The fourth-order valence-electron chi connectivity index (χ4n) is 10.0. The van der Waals surface area contributed by atoms with Crippen molar-refractivity contribution < 1.29 is 4.74 Å². The maximum absolute atomic E-state index is 6.62. The fraction of sp³-hybridized carbons (Fsp3) is 0.474. The molecule has 0 spiro atoms. The molecule has 0 radical (unpaired) electrons. The van der Waals surface area contributed by atoms with E-state index >= 15 is 0 Å². The van der Waals surface area contributed by atoms with Crippen molar-refractivity contribution in [3.8, 4) is 5.75 Å². The van der Waals surface area contributed by atoms with E-state index in [1.54, 1.807) is 16.7 Å². The van der Waals surface area contributed by atoms with Crippen molar-refractivity contribution in [2.24, 2.45) is 41.4 Å². The Morgan fingerprint density at radius 1 is 0.744 bits per heavy atom. The van der Waals surface area contributed by atoms with Crippen LogP contribution in [0.5, 0.6) is 5.75 Å². The topological polar surface area (TPSA) is 9.23 Å². The first-order valence-electron chi connectivity index (χ1n) is 15.9. The zero-order valence-electron chi connectivity index (χ0n) is 23.1. The van der Waals surface area contributed by atoms with Crippen molar-refractivity contribution in [1.29, 1.82) is 0 Å². The van der Waals surface area contributed by atoms with Crippen LogP contribution in [0, 0.1) is 41.4 Å². The van der Waals surface area contributed by atoms with Gasteiger partial charge in [0.2, 0.25) is 0 Å². The molecule has 1 aromatic carbocycles. The third-order valence-electron chi connectivity index (χ3n) is 11.5. The van der Waals surface area contributed by atoms with E-state index in [9.17, 15) is 0 Å². The predicted octanol–water partition coefficient (Wildman–Crippen LogP) is 9.44. The van der Waals surface area contributed by atoms with E-state index in [0.717, 1.165) is 23.5 Å². The van der Waals surface area contributed by atoms with Crippen LogP contribution >= 0.6 is 0 Å². The van der Waals surface area contributed by atoms with Crippen LogP contribution < -0.4 is 4.74 Å². The van der Waals surface area contributed by atoms with Crippen LogP contribution in [0.4, 0.5) is 0 Å². The molecule has 0 amide bonds. The highest BCUT2D eigenvalue weighted by Gasteiger charge is 2.53. The molecule has 1 heteroatoms. The van der Waals surface area contributed by atoms with Crippen LogP contribution in [0.25, 0.3) is 0 Å². The summed E-state index contributed by atoms with van der Waals surface area (Å²) in [7, 11) is 0. The molecule has 1 aromatic rings. The Balaban J connectivity index is 1.14. The van der Waals surface area contributed by atoms with Crippen molar-refractivity contribution >= 4 is 0 Å². The van der Waals surface area contributed by atoms with E-state index in [1.807, 2.05) is 0 Å². The number of fused-ring (bicyclic) bond motifs is 5. The number of hydrogen-bond acceptors (Lipinski definition) is 1. The molecule has 9 atom stereocenters. The van der Waals surface area contributed by atoms with Gasteiger partial charge in [0.1, 0.15) is 11.9 Å². The van der Waals surface area contributed by atoms with Crippen LogP contribution in [-0.2, 0) is 0 Å². The van der Waals surface area contributed by atoms with Crippen LogP contribution in [0.2, 0.25) is 0 Å². The molecule has 6 aliphatic carbocycles.